The van der Waals surface area contributed by atoms with Gasteiger partial charge in [0, 0.05) is 18.2 Å². The molecule has 1 nitrogen and oxygen atoms in total. The Labute approximate surface area is 90.3 Å². The van der Waals surface area contributed by atoms with E-state index >= 15 is 0 Å². The van der Waals surface area contributed by atoms with E-state index in [0.717, 1.165) is 0 Å². The molecule has 0 fully saturated rings. The first-order valence-electron chi connectivity index (χ1n) is 5.05. The zero-order valence-corrected chi connectivity index (χ0v) is 8.80. The van der Waals surface area contributed by atoms with Gasteiger partial charge in [-0.05, 0) is 12.5 Å². The molecule has 0 bridgehead atoms. The van der Waals surface area contributed by atoms with Gasteiger partial charge in [-0.1, -0.05) is 35.9 Å². The van der Waals surface area contributed by atoms with Crippen LogP contribution in [-0.4, -0.2) is 0 Å². The van der Waals surface area contributed by atoms with E-state index in [2.05, 4.69) is 37.3 Å². The minimum absolute atomic E-state index is 1.22. The maximum atomic E-state index is 2.12. The van der Waals surface area contributed by atoms with Crippen LogP contribution < -0.4 is 4.57 Å². The van der Waals surface area contributed by atoms with Crippen molar-refractivity contribution in [3.63, 3.8) is 0 Å². The van der Waals surface area contributed by atoms with Gasteiger partial charge in [0.25, 0.3) is 0 Å². The fraction of sp³-hybridized carbons (Fsp3) is 0.0714. The molecule has 1 aromatic carbocycles. The van der Waals surface area contributed by atoms with Crippen LogP contribution >= 0.6 is 0 Å². The van der Waals surface area contributed by atoms with Crippen molar-refractivity contribution >= 4 is 12.3 Å². The topological polar surface area (TPSA) is 3.88 Å². The smallest absolute Gasteiger partial charge is 0.174 e. The number of nitrogens with zero attached hydrogens (tertiary/aromatic N) is 1. The van der Waals surface area contributed by atoms with E-state index in [1.807, 2.05) is 41.4 Å². The second kappa shape index (κ2) is 4.56. The number of aromatic nitrogens is 1. The molecule has 1 aromatic heterocycles. The maximum absolute atomic E-state index is 2.12. The van der Waals surface area contributed by atoms with Crippen LogP contribution in [0.1, 0.15) is 11.1 Å². The van der Waals surface area contributed by atoms with Gasteiger partial charge in [0.1, 0.15) is 0 Å². The van der Waals surface area contributed by atoms with Crippen molar-refractivity contribution in [1.29, 1.82) is 0 Å². The van der Waals surface area contributed by atoms with Crippen LogP contribution in [0.2, 0.25) is 0 Å². The van der Waals surface area contributed by atoms with Crippen molar-refractivity contribution in [2.75, 3.05) is 0 Å². The van der Waals surface area contributed by atoms with Gasteiger partial charge in [-0.15, -0.1) is 0 Å². The first-order valence-corrected chi connectivity index (χ1v) is 5.05. The summed E-state index contributed by atoms with van der Waals surface area (Å²) in [5.74, 6) is 0. The molecule has 74 valence electrons. The van der Waals surface area contributed by atoms with E-state index in [1.54, 1.807) is 0 Å². The average molecular weight is 196 g/mol. The summed E-state index contributed by atoms with van der Waals surface area (Å²) >= 11 is 0. The van der Waals surface area contributed by atoms with Crippen molar-refractivity contribution in [3.8, 4) is 0 Å². The SMILES string of the molecule is Cc1ccc(/C=C\[n+]2ccccc2)cc1. The van der Waals surface area contributed by atoms with E-state index in [-0.39, 0.29) is 0 Å². The van der Waals surface area contributed by atoms with E-state index in [1.165, 1.54) is 11.1 Å². The number of pyridine rings is 1. The molecular weight excluding hydrogens is 182 g/mol. The maximum Gasteiger partial charge on any atom is 0.175 e. The Balaban J connectivity index is 2.15. The highest BCUT2D eigenvalue weighted by atomic mass is 14.9. The number of benzene rings is 1. The van der Waals surface area contributed by atoms with E-state index in [0.29, 0.717) is 0 Å². The number of hydrogen-bond donors (Lipinski definition) is 0. The normalized spacial score (nSPS) is 10.7. The van der Waals surface area contributed by atoms with Crippen LogP contribution in [0.5, 0.6) is 0 Å². The van der Waals surface area contributed by atoms with Gasteiger partial charge in [0.2, 0.25) is 0 Å². The third-order valence-electron chi connectivity index (χ3n) is 2.26. The second-order valence-electron chi connectivity index (χ2n) is 3.55. The molecule has 0 atom stereocenters. The zero-order chi connectivity index (χ0) is 10.5. The van der Waals surface area contributed by atoms with Crippen LogP contribution in [0.25, 0.3) is 12.3 Å². The molecule has 0 aliphatic heterocycles. The molecule has 0 saturated carbocycles. The van der Waals surface area contributed by atoms with Gasteiger partial charge in [-0.3, -0.25) is 0 Å². The Morgan fingerprint density at radius 1 is 0.933 bits per heavy atom. The largest absolute Gasteiger partial charge is 0.175 e. The van der Waals surface area contributed by atoms with Gasteiger partial charge in [0.15, 0.2) is 18.6 Å². The zero-order valence-electron chi connectivity index (χ0n) is 8.80. The molecule has 1 heteroatoms. The third-order valence-corrected chi connectivity index (χ3v) is 2.26. The highest BCUT2D eigenvalue weighted by molar-refractivity contribution is 5.56. The Kier molecular flexibility index (Phi) is 2.93. The summed E-state index contributed by atoms with van der Waals surface area (Å²) < 4.78 is 2.03. The standard InChI is InChI=1S/C14H14N/c1-13-5-7-14(8-6-13)9-12-15-10-3-2-4-11-15/h2-12H,1H3/q+1/b12-9-. The Morgan fingerprint density at radius 2 is 1.60 bits per heavy atom. The average Bonchev–Trinajstić information content (AvgIpc) is 2.30. The number of hydrogen-bond acceptors (Lipinski definition) is 0. The lowest BCUT2D eigenvalue weighted by molar-refractivity contribution is -0.567. The summed E-state index contributed by atoms with van der Waals surface area (Å²) in [5.41, 5.74) is 2.51. The summed E-state index contributed by atoms with van der Waals surface area (Å²) in [6.45, 7) is 2.10. The summed E-state index contributed by atoms with van der Waals surface area (Å²) in [5, 5.41) is 0. The van der Waals surface area contributed by atoms with Gasteiger partial charge >= 0.3 is 0 Å². The predicted octanol–water partition coefficient (Wildman–Crippen LogP) is 2.91. The highest BCUT2D eigenvalue weighted by Gasteiger charge is 1.91. The molecule has 0 N–H and O–H groups in total. The lowest BCUT2D eigenvalue weighted by atomic mass is 10.1. The first-order chi connectivity index (χ1) is 7.34. The minimum atomic E-state index is 1.22. The molecule has 2 aromatic rings. The highest BCUT2D eigenvalue weighted by Crippen LogP contribution is 2.04. The predicted molar refractivity (Wildman–Crippen MR) is 63.0 cm³/mol. The van der Waals surface area contributed by atoms with Gasteiger partial charge in [-0.2, -0.15) is 4.57 Å². The van der Waals surface area contributed by atoms with Crippen molar-refractivity contribution in [2.24, 2.45) is 0 Å². The first kappa shape index (κ1) is 9.66. The van der Waals surface area contributed by atoms with Gasteiger partial charge < -0.3 is 0 Å². The van der Waals surface area contributed by atoms with Crippen LogP contribution in [0, 0.1) is 6.92 Å². The lowest BCUT2D eigenvalue weighted by Gasteiger charge is -1.92. The molecular formula is C14H14N+. The van der Waals surface area contributed by atoms with Crippen molar-refractivity contribution in [3.05, 3.63) is 66.0 Å². The van der Waals surface area contributed by atoms with Crippen LogP contribution in [-0.2, 0) is 0 Å². The molecule has 0 unspecified atom stereocenters. The summed E-state index contributed by atoms with van der Waals surface area (Å²) in [7, 11) is 0. The minimum Gasteiger partial charge on any atom is -0.174 e. The molecule has 1 heterocycles. The molecule has 0 aliphatic rings. The van der Waals surface area contributed by atoms with E-state index < -0.39 is 0 Å². The fourth-order valence-corrected chi connectivity index (χ4v) is 1.36. The Bertz CT molecular complexity index is 441. The van der Waals surface area contributed by atoms with Crippen molar-refractivity contribution < 1.29 is 4.57 Å². The van der Waals surface area contributed by atoms with Crippen LogP contribution in [0.4, 0.5) is 0 Å². The Hall–Kier alpha value is -1.89. The molecule has 0 radical (unpaired) electrons. The van der Waals surface area contributed by atoms with E-state index in [9.17, 15) is 0 Å². The summed E-state index contributed by atoms with van der Waals surface area (Å²) in [4.78, 5) is 0. The lowest BCUT2D eigenvalue weighted by Crippen LogP contribution is -2.23. The molecule has 15 heavy (non-hydrogen) atoms. The van der Waals surface area contributed by atoms with Crippen molar-refractivity contribution in [1.82, 2.24) is 0 Å². The monoisotopic (exact) mass is 196 g/mol. The fourth-order valence-electron chi connectivity index (χ4n) is 1.36. The molecule has 0 spiro atoms. The quantitative estimate of drug-likeness (QED) is 0.650. The molecule has 0 saturated heterocycles. The second-order valence-corrected chi connectivity index (χ2v) is 3.55. The van der Waals surface area contributed by atoms with Crippen LogP contribution in [0.15, 0.2) is 54.9 Å². The molecule has 2 rings (SSSR count). The van der Waals surface area contributed by atoms with Gasteiger partial charge in [0.05, 0.1) is 0 Å². The van der Waals surface area contributed by atoms with Gasteiger partial charge in [-0.25, -0.2) is 0 Å². The summed E-state index contributed by atoms with van der Waals surface area (Å²) in [6, 6.07) is 14.5. The molecule has 0 amide bonds. The Morgan fingerprint density at radius 3 is 2.27 bits per heavy atom. The van der Waals surface area contributed by atoms with E-state index in [4.69, 9.17) is 0 Å². The van der Waals surface area contributed by atoms with Crippen LogP contribution in [0.3, 0.4) is 0 Å². The number of aryl methyl sites for hydroxylation is 1. The third kappa shape index (κ3) is 2.78. The van der Waals surface area contributed by atoms with Crippen molar-refractivity contribution in [2.45, 2.75) is 6.92 Å². The number of rotatable bonds is 2. The summed E-state index contributed by atoms with van der Waals surface area (Å²) in [6.07, 6.45) is 8.18. The molecule has 0 aliphatic carbocycles.